The van der Waals surface area contributed by atoms with Gasteiger partial charge >= 0.3 is 0 Å². The molecule has 1 N–H and O–H groups in total. The number of rotatable bonds is 6. The number of unbranched alkanes of at least 4 members (excludes halogenated alkanes) is 2. The maximum Gasteiger partial charge on any atom is 0.251 e. The Morgan fingerprint density at radius 3 is 2.77 bits per heavy atom. The van der Waals surface area contributed by atoms with Crippen LogP contribution in [0.15, 0.2) is 18.2 Å². The molecule has 1 heterocycles. The monoisotopic (exact) mass is 302 g/mol. The lowest BCUT2D eigenvalue weighted by molar-refractivity contribution is -0.116. The molecule has 2 amide bonds. The largest absolute Gasteiger partial charge is 0.350 e. The van der Waals surface area contributed by atoms with Crippen LogP contribution in [0.1, 0.15) is 62.4 Å². The molecule has 1 aromatic carbocycles. The van der Waals surface area contributed by atoms with Crippen molar-refractivity contribution in [1.29, 1.82) is 0 Å². The van der Waals surface area contributed by atoms with E-state index in [0.29, 0.717) is 12.1 Å². The third kappa shape index (κ3) is 3.87. The van der Waals surface area contributed by atoms with Gasteiger partial charge in [0.1, 0.15) is 0 Å². The molecule has 0 fully saturated rings. The number of carbonyl (C=O) groups excluding carboxylic acids is 2. The van der Waals surface area contributed by atoms with Crippen LogP contribution in [-0.2, 0) is 11.2 Å². The average Bonchev–Trinajstić information content (AvgIpc) is 2.90. The van der Waals surface area contributed by atoms with Gasteiger partial charge in [0, 0.05) is 30.8 Å². The van der Waals surface area contributed by atoms with Crippen molar-refractivity contribution < 1.29 is 9.59 Å². The Labute approximate surface area is 132 Å². The van der Waals surface area contributed by atoms with Crippen LogP contribution in [0, 0.1) is 0 Å². The zero-order chi connectivity index (χ0) is 16.1. The van der Waals surface area contributed by atoms with Gasteiger partial charge in [-0.1, -0.05) is 26.2 Å². The molecule has 0 saturated carbocycles. The molecule has 4 nitrogen and oxygen atoms in total. The molecule has 0 radical (unpaired) electrons. The second kappa shape index (κ2) is 7.43. The van der Waals surface area contributed by atoms with E-state index in [1.54, 1.807) is 11.8 Å². The fourth-order valence-electron chi connectivity index (χ4n) is 2.95. The van der Waals surface area contributed by atoms with E-state index in [0.717, 1.165) is 30.5 Å². The van der Waals surface area contributed by atoms with Gasteiger partial charge in [-0.2, -0.15) is 0 Å². The number of amides is 2. The predicted molar refractivity (Wildman–Crippen MR) is 89.2 cm³/mol. The van der Waals surface area contributed by atoms with Gasteiger partial charge in [-0.25, -0.2) is 0 Å². The van der Waals surface area contributed by atoms with E-state index >= 15 is 0 Å². The Bertz CT molecular complexity index is 554. The Morgan fingerprint density at radius 2 is 2.09 bits per heavy atom. The Morgan fingerprint density at radius 1 is 1.32 bits per heavy atom. The van der Waals surface area contributed by atoms with Crippen LogP contribution in [-0.4, -0.2) is 24.4 Å². The standard InChI is InChI=1S/C18H26N2O2/c1-4-5-6-7-13(2)19-18(22)16-8-9-17-15(12-16)10-11-20(17)14(3)21/h8-9,12-13H,4-7,10-11H2,1-3H3,(H,19,22). The lowest BCUT2D eigenvalue weighted by Gasteiger charge is -2.16. The fraction of sp³-hybridized carbons (Fsp3) is 0.556. The molecule has 1 aromatic rings. The molecule has 0 spiro atoms. The maximum atomic E-state index is 12.3. The van der Waals surface area contributed by atoms with Gasteiger partial charge in [-0.15, -0.1) is 0 Å². The summed E-state index contributed by atoms with van der Waals surface area (Å²) in [6.07, 6.45) is 5.39. The highest BCUT2D eigenvalue weighted by Crippen LogP contribution is 2.28. The second-order valence-electron chi connectivity index (χ2n) is 6.13. The number of benzene rings is 1. The number of hydrogen-bond donors (Lipinski definition) is 1. The molecule has 1 atom stereocenters. The molecule has 1 unspecified atom stereocenters. The van der Waals surface area contributed by atoms with Gasteiger partial charge in [-0.05, 0) is 43.5 Å². The number of nitrogens with one attached hydrogen (secondary N) is 1. The SMILES string of the molecule is CCCCCC(C)NC(=O)c1ccc2c(c1)CCN2C(C)=O. The molecule has 4 heteroatoms. The van der Waals surface area contributed by atoms with Gasteiger partial charge < -0.3 is 10.2 Å². The third-order valence-electron chi connectivity index (χ3n) is 4.24. The predicted octanol–water partition coefficient (Wildman–Crippen LogP) is 3.29. The summed E-state index contributed by atoms with van der Waals surface area (Å²) >= 11 is 0. The van der Waals surface area contributed by atoms with Crippen LogP contribution in [0.3, 0.4) is 0 Å². The molecular weight excluding hydrogens is 276 g/mol. The molecule has 22 heavy (non-hydrogen) atoms. The minimum absolute atomic E-state index is 0.0203. The van der Waals surface area contributed by atoms with E-state index in [9.17, 15) is 9.59 Å². The van der Waals surface area contributed by atoms with Crippen LogP contribution in [0.4, 0.5) is 5.69 Å². The number of anilines is 1. The average molecular weight is 302 g/mol. The summed E-state index contributed by atoms with van der Waals surface area (Å²) < 4.78 is 0. The first-order valence-corrected chi connectivity index (χ1v) is 8.24. The van der Waals surface area contributed by atoms with E-state index in [-0.39, 0.29) is 17.9 Å². The minimum Gasteiger partial charge on any atom is -0.350 e. The van der Waals surface area contributed by atoms with Crippen molar-refractivity contribution in [3.05, 3.63) is 29.3 Å². The number of carbonyl (C=O) groups is 2. The van der Waals surface area contributed by atoms with Crippen molar-refractivity contribution in [2.75, 3.05) is 11.4 Å². The Balaban J connectivity index is 1.99. The van der Waals surface area contributed by atoms with Crippen molar-refractivity contribution in [3.8, 4) is 0 Å². The van der Waals surface area contributed by atoms with Gasteiger partial charge in [0.15, 0.2) is 0 Å². The number of nitrogens with zero attached hydrogens (tertiary/aromatic N) is 1. The smallest absolute Gasteiger partial charge is 0.251 e. The first kappa shape index (κ1) is 16.5. The molecule has 1 aliphatic heterocycles. The van der Waals surface area contributed by atoms with E-state index in [1.165, 1.54) is 12.8 Å². The van der Waals surface area contributed by atoms with Crippen molar-refractivity contribution in [1.82, 2.24) is 5.32 Å². The van der Waals surface area contributed by atoms with Gasteiger partial charge in [0.2, 0.25) is 5.91 Å². The molecule has 1 aliphatic rings. The fourth-order valence-corrected chi connectivity index (χ4v) is 2.95. The highest BCUT2D eigenvalue weighted by molar-refractivity contribution is 5.97. The summed E-state index contributed by atoms with van der Waals surface area (Å²) in [5, 5.41) is 3.06. The Kier molecular flexibility index (Phi) is 5.58. The molecule has 0 bridgehead atoms. The molecule has 0 saturated heterocycles. The van der Waals surface area contributed by atoms with E-state index < -0.39 is 0 Å². The van der Waals surface area contributed by atoms with Crippen LogP contribution in [0.2, 0.25) is 0 Å². The van der Waals surface area contributed by atoms with Crippen LogP contribution >= 0.6 is 0 Å². The van der Waals surface area contributed by atoms with Crippen molar-refractivity contribution in [2.24, 2.45) is 0 Å². The zero-order valence-electron chi connectivity index (χ0n) is 13.8. The Hall–Kier alpha value is -1.84. The van der Waals surface area contributed by atoms with Crippen molar-refractivity contribution in [3.63, 3.8) is 0 Å². The normalized spacial score (nSPS) is 14.6. The summed E-state index contributed by atoms with van der Waals surface area (Å²) in [6.45, 7) is 6.52. The second-order valence-corrected chi connectivity index (χ2v) is 6.13. The lowest BCUT2D eigenvalue weighted by Crippen LogP contribution is -2.32. The summed E-state index contributed by atoms with van der Waals surface area (Å²) in [7, 11) is 0. The third-order valence-corrected chi connectivity index (χ3v) is 4.24. The van der Waals surface area contributed by atoms with Crippen LogP contribution < -0.4 is 10.2 Å². The van der Waals surface area contributed by atoms with E-state index in [1.807, 2.05) is 18.2 Å². The van der Waals surface area contributed by atoms with Crippen molar-refractivity contribution in [2.45, 2.75) is 58.9 Å². The summed E-state index contributed by atoms with van der Waals surface area (Å²) in [6, 6.07) is 5.82. The highest BCUT2D eigenvalue weighted by atomic mass is 16.2. The van der Waals surface area contributed by atoms with Gasteiger partial charge in [-0.3, -0.25) is 9.59 Å². The minimum atomic E-state index is -0.0203. The summed E-state index contributed by atoms with van der Waals surface area (Å²) in [5.41, 5.74) is 2.72. The van der Waals surface area contributed by atoms with Gasteiger partial charge in [0.05, 0.1) is 0 Å². The van der Waals surface area contributed by atoms with Gasteiger partial charge in [0.25, 0.3) is 5.91 Å². The van der Waals surface area contributed by atoms with Crippen molar-refractivity contribution >= 4 is 17.5 Å². The quantitative estimate of drug-likeness (QED) is 0.820. The topological polar surface area (TPSA) is 49.4 Å². The zero-order valence-corrected chi connectivity index (χ0v) is 13.8. The maximum absolute atomic E-state index is 12.3. The van der Waals surface area contributed by atoms with Crippen LogP contribution in [0.5, 0.6) is 0 Å². The summed E-state index contributed by atoms with van der Waals surface area (Å²) in [5.74, 6) is 0.0357. The summed E-state index contributed by atoms with van der Waals surface area (Å²) in [4.78, 5) is 25.6. The number of hydrogen-bond acceptors (Lipinski definition) is 2. The van der Waals surface area contributed by atoms with Crippen LogP contribution in [0.25, 0.3) is 0 Å². The van der Waals surface area contributed by atoms with E-state index in [2.05, 4.69) is 19.2 Å². The first-order chi connectivity index (χ1) is 10.5. The van der Waals surface area contributed by atoms with E-state index in [4.69, 9.17) is 0 Å². The molecule has 2 rings (SSSR count). The molecule has 120 valence electrons. The first-order valence-electron chi connectivity index (χ1n) is 8.24. The molecule has 0 aromatic heterocycles. The lowest BCUT2D eigenvalue weighted by atomic mass is 10.1. The number of fused-ring (bicyclic) bond motifs is 1. The molecule has 0 aliphatic carbocycles. The highest BCUT2D eigenvalue weighted by Gasteiger charge is 2.23. The molecular formula is C18H26N2O2.